The molecule has 1 aromatic rings. The number of rotatable bonds is 8. The molecule has 0 aromatic heterocycles. The van der Waals surface area contributed by atoms with Gasteiger partial charge in [0, 0.05) is 25.9 Å². The van der Waals surface area contributed by atoms with Gasteiger partial charge in [-0.15, -0.1) is 0 Å². The van der Waals surface area contributed by atoms with E-state index in [2.05, 4.69) is 24.1 Å². The molecule has 7 heteroatoms. The third kappa shape index (κ3) is 5.45. The van der Waals surface area contributed by atoms with Crippen molar-refractivity contribution in [2.75, 3.05) is 32.7 Å². The van der Waals surface area contributed by atoms with Gasteiger partial charge in [0.05, 0.1) is 12.0 Å². The number of carbonyl (C=O) groups excluding carboxylic acids is 3. The molecule has 1 fully saturated rings. The Morgan fingerprint density at radius 1 is 1.23 bits per heavy atom. The quantitative estimate of drug-likeness (QED) is 0.643. The van der Waals surface area contributed by atoms with Gasteiger partial charge in [0.15, 0.2) is 5.78 Å². The van der Waals surface area contributed by atoms with Crippen LogP contribution in [-0.2, 0) is 9.59 Å². The molecule has 0 bridgehead atoms. The summed E-state index contributed by atoms with van der Waals surface area (Å²) in [7, 11) is 0. The molecule has 2 atom stereocenters. The highest BCUT2D eigenvalue weighted by atomic mass is 16.5. The number of para-hydroxylation sites is 1. The summed E-state index contributed by atoms with van der Waals surface area (Å²) in [5.41, 5.74) is -0.0616. The zero-order valence-corrected chi connectivity index (χ0v) is 19.0. The van der Waals surface area contributed by atoms with Gasteiger partial charge in [-0.25, -0.2) is 0 Å². The number of nitrogens with one attached hydrogen (secondary N) is 1. The SMILES string of the molecule is CCN(CC)CCCNC(=O)[C@H](C)N1CC[C@@]2(CCC1=O)CC(=O)c1ccccc1O2. The number of likely N-dealkylation sites (tertiary alicyclic amines) is 1. The van der Waals surface area contributed by atoms with E-state index in [0.717, 1.165) is 26.1 Å². The maximum Gasteiger partial charge on any atom is 0.242 e. The number of carbonyl (C=O) groups is 3. The summed E-state index contributed by atoms with van der Waals surface area (Å²) in [6, 6.07) is 6.74. The molecular formula is C24H35N3O4. The van der Waals surface area contributed by atoms with E-state index in [1.807, 2.05) is 18.2 Å². The Morgan fingerprint density at radius 3 is 2.71 bits per heavy atom. The molecule has 0 aliphatic carbocycles. The first-order chi connectivity index (χ1) is 14.9. The summed E-state index contributed by atoms with van der Waals surface area (Å²) in [5.74, 6) is 0.466. The van der Waals surface area contributed by atoms with Crippen molar-refractivity contribution in [2.24, 2.45) is 0 Å². The van der Waals surface area contributed by atoms with E-state index in [1.165, 1.54) is 0 Å². The topological polar surface area (TPSA) is 79.0 Å². The second kappa shape index (κ2) is 10.3. The Kier molecular flexibility index (Phi) is 7.70. The average Bonchev–Trinajstić information content (AvgIpc) is 2.92. The van der Waals surface area contributed by atoms with Crippen LogP contribution in [-0.4, -0.2) is 71.8 Å². The van der Waals surface area contributed by atoms with E-state index in [4.69, 9.17) is 4.74 Å². The third-order valence-corrected chi connectivity index (χ3v) is 6.61. The lowest BCUT2D eigenvalue weighted by atomic mass is 9.84. The monoisotopic (exact) mass is 429 g/mol. The van der Waals surface area contributed by atoms with Gasteiger partial charge in [-0.05, 0) is 51.5 Å². The molecule has 0 unspecified atom stereocenters. The molecule has 7 nitrogen and oxygen atoms in total. The van der Waals surface area contributed by atoms with Crippen molar-refractivity contribution in [2.45, 2.75) is 64.5 Å². The average molecular weight is 430 g/mol. The lowest BCUT2D eigenvalue weighted by molar-refractivity contribution is -0.139. The number of ketones is 1. The Morgan fingerprint density at radius 2 is 1.97 bits per heavy atom. The normalized spacial score (nSPS) is 22.1. The van der Waals surface area contributed by atoms with E-state index < -0.39 is 11.6 Å². The summed E-state index contributed by atoms with van der Waals surface area (Å²) < 4.78 is 6.27. The summed E-state index contributed by atoms with van der Waals surface area (Å²) >= 11 is 0. The largest absolute Gasteiger partial charge is 0.486 e. The molecule has 2 aliphatic heterocycles. The predicted molar refractivity (Wildman–Crippen MR) is 119 cm³/mol. The minimum atomic E-state index is -0.671. The van der Waals surface area contributed by atoms with Crippen LogP contribution in [0.5, 0.6) is 5.75 Å². The molecule has 2 heterocycles. The third-order valence-electron chi connectivity index (χ3n) is 6.61. The molecule has 3 rings (SSSR count). The molecular weight excluding hydrogens is 394 g/mol. The van der Waals surface area contributed by atoms with Gasteiger partial charge >= 0.3 is 0 Å². The van der Waals surface area contributed by atoms with Crippen LogP contribution in [0.3, 0.4) is 0 Å². The first-order valence-corrected chi connectivity index (χ1v) is 11.5. The van der Waals surface area contributed by atoms with Crippen molar-refractivity contribution >= 4 is 17.6 Å². The molecule has 0 saturated carbocycles. The number of hydrogen-bond acceptors (Lipinski definition) is 5. The van der Waals surface area contributed by atoms with Crippen molar-refractivity contribution < 1.29 is 19.1 Å². The maximum atomic E-state index is 12.8. The molecule has 2 aliphatic rings. The van der Waals surface area contributed by atoms with Gasteiger partial charge in [0.1, 0.15) is 17.4 Å². The fraction of sp³-hybridized carbons (Fsp3) is 0.625. The Bertz CT molecular complexity index is 808. The van der Waals surface area contributed by atoms with Gasteiger partial charge in [0.2, 0.25) is 11.8 Å². The van der Waals surface area contributed by atoms with Crippen molar-refractivity contribution in [3.63, 3.8) is 0 Å². The van der Waals surface area contributed by atoms with Gasteiger partial charge in [-0.1, -0.05) is 26.0 Å². The summed E-state index contributed by atoms with van der Waals surface area (Å²) in [6.07, 6.45) is 2.46. The zero-order valence-electron chi connectivity index (χ0n) is 19.0. The molecule has 1 aromatic carbocycles. The fourth-order valence-electron chi connectivity index (χ4n) is 4.53. The fourth-order valence-corrected chi connectivity index (χ4v) is 4.53. The molecule has 1 N–H and O–H groups in total. The highest BCUT2D eigenvalue weighted by molar-refractivity contribution is 6.00. The van der Waals surface area contributed by atoms with Crippen LogP contribution >= 0.6 is 0 Å². The van der Waals surface area contributed by atoms with Gasteiger partial charge in [0.25, 0.3) is 0 Å². The van der Waals surface area contributed by atoms with E-state index in [1.54, 1.807) is 17.9 Å². The van der Waals surface area contributed by atoms with Crippen LogP contribution in [0.25, 0.3) is 0 Å². The standard InChI is InChI=1S/C24H35N3O4/c1-4-26(5-2)15-8-14-25-23(30)18(3)27-16-13-24(12-11-22(27)29)17-20(28)19-9-6-7-10-21(19)31-24/h6-7,9-10,18H,4-5,8,11-17H2,1-3H3,(H,25,30)/t18-,24-/m0/s1. The highest BCUT2D eigenvalue weighted by Gasteiger charge is 2.44. The Labute approximate surface area is 185 Å². The van der Waals surface area contributed by atoms with E-state index in [9.17, 15) is 14.4 Å². The van der Waals surface area contributed by atoms with Gasteiger partial charge in [-0.2, -0.15) is 0 Å². The van der Waals surface area contributed by atoms with Crippen LogP contribution in [0, 0.1) is 0 Å². The Hall–Kier alpha value is -2.41. The zero-order chi connectivity index (χ0) is 22.4. The summed E-state index contributed by atoms with van der Waals surface area (Å²) in [6.45, 7) is 9.98. The minimum Gasteiger partial charge on any atom is -0.486 e. The molecule has 1 spiro atoms. The Balaban J connectivity index is 1.57. The van der Waals surface area contributed by atoms with Crippen molar-refractivity contribution in [3.8, 4) is 5.75 Å². The van der Waals surface area contributed by atoms with Gasteiger partial charge < -0.3 is 19.9 Å². The summed E-state index contributed by atoms with van der Waals surface area (Å²) in [4.78, 5) is 42.1. The molecule has 2 amide bonds. The van der Waals surface area contributed by atoms with E-state index in [-0.39, 0.29) is 30.4 Å². The van der Waals surface area contributed by atoms with E-state index >= 15 is 0 Å². The number of Topliss-reactive ketones (excluding diaryl/α,β-unsaturated/α-hetero) is 1. The second-order valence-electron chi connectivity index (χ2n) is 8.57. The van der Waals surface area contributed by atoms with Crippen LogP contribution in [0.4, 0.5) is 0 Å². The van der Waals surface area contributed by atoms with E-state index in [0.29, 0.717) is 37.2 Å². The predicted octanol–water partition coefficient (Wildman–Crippen LogP) is 2.64. The second-order valence-corrected chi connectivity index (χ2v) is 8.57. The van der Waals surface area contributed by atoms with Crippen LogP contribution in [0.15, 0.2) is 24.3 Å². The van der Waals surface area contributed by atoms with Crippen LogP contribution in [0.1, 0.15) is 63.2 Å². The highest BCUT2D eigenvalue weighted by Crippen LogP contribution is 2.39. The molecule has 0 radical (unpaired) electrons. The number of nitrogens with zero attached hydrogens (tertiary/aromatic N) is 2. The van der Waals surface area contributed by atoms with Crippen molar-refractivity contribution in [1.29, 1.82) is 0 Å². The number of fused-ring (bicyclic) bond motifs is 1. The molecule has 31 heavy (non-hydrogen) atoms. The number of benzene rings is 1. The lowest BCUT2D eigenvalue weighted by Crippen LogP contribution is -2.49. The molecule has 170 valence electrons. The van der Waals surface area contributed by atoms with Crippen molar-refractivity contribution in [1.82, 2.24) is 15.1 Å². The van der Waals surface area contributed by atoms with Crippen LogP contribution in [0.2, 0.25) is 0 Å². The maximum absolute atomic E-state index is 12.8. The number of ether oxygens (including phenoxy) is 1. The minimum absolute atomic E-state index is 0.0572. The van der Waals surface area contributed by atoms with Crippen LogP contribution < -0.4 is 10.1 Å². The smallest absolute Gasteiger partial charge is 0.242 e. The molecule has 1 saturated heterocycles. The number of hydrogen-bond donors (Lipinski definition) is 1. The summed E-state index contributed by atoms with van der Waals surface area (Å²) in [5, 5.41) is 2.97. The lowest BCUT2D eigenvalue weighted by Gasteiger charge is -2.37. The van der Waals surface area contributed by atoms with Gasteiger partial charge in [-0.3, -0.25) is 14.4 Å². The first kappa shape index (κ1) is 23.3. The number of amides is 2. The first-order valence-electron chi connectivity index (χ1n) is 11.5. The van der Waals surface area contributed by atoms with Crippen molar-refractivity contribution in [3.05, 3.63) is 29.8 Å².